The van der Waals surface area contributed by atoms with Gasteiger partial charge in [0.05, 0.1) is 6.61 Å². The van der Waals surface area contributed by atoms with E-state index in [1.807, 2.05) is 36.4 Å². The number of carbonyl (C=O) groups excluding carboxylic acids is 1. The van der Waals surface area contributed by atoms with Crippen molar-refractivity contribution in [2.45, 2.75) is 52.9 Å². The van der Waals surface area contributed by atoms with Crippen molar-refractivity contribution in [2.75, 3.05) is 29.9 Å². The quantitative estimate of drug-likeness (QED) is 0.397. The van der Waals surface area contributed by atoms with Crippen LogP contribution in [0.2, 0.25) is 0 Å². The van der Waals surface area contributed by atoms with Crippen molar-refractivity contribution >= 4 is 34.6 Å². The summed E-state index contributed by atoms with van der Waals surface area (Å²) in [5.74, 6) is 0.697. The monoisotopic (exact) mass is 441 g/mol. The highest BCUT2D eigenvalue weighted by Crippen LogP contribution is 2.24. The molecule has 0 heterocycles. The molecule has 1 amide bonds. The highest BCUT2D eigenvalue weighted by molar-refractivity contribution is 7.80. The van der Waals surface area contributed by atoms with Crippen LogP contribution in [-0.2, 0) is 10.2 Å². The summed E-state index contributed by atoms with van der Waals surface area (Å²) >= 11 is 5.26. The molecule has 0 aliphatic heterocycles. The highest BCUT2D eigenvalue weighted by Gasteiger charge is 2.13. The molecule has 2 aromatic rings. The van der Waals surface area contributed by atoms with Gasteiger partial charge in [0.1, 0.15) is 5.75 Å². The first kappa shape index (κ1) is 24.7. The van der Waals surface area contributed by atoms with E-state index in [4.69, 9.17) is 17.0 Å². The zero-order valence-electron chi connectivity index (χ0n) is 19.3. The molecule has 168 valence electrons. The van der Waals surface area contributed by atoms with Crippen molar-refractivity contribution in [3.05, 3.63) is 54.1 Å². The van der Waals surface area contributed by atoms with E-state index in [1.165, 1.54) is 11.3 Å². The number of nitrogens with one attached hydrogen (secondary N) is 2. The molecule has 0 unspecified atom stereocenters. The lowest BCUT2D eigenvalue weighted by Crippen LogP contribution is -2.34. The van der Waals surface area contributed by atoms with Crippen LogP contribution in [0.25, 0.3) is 0 Å². The molecular formula is C25H35N3O2S. The molecule has 0 atom stereocenters. The summed E-state index contributed by atoms with van der Waals surface area (Å²) in [6.45, 7) is 13.2. The second-order valence-corrected chi connectivity index (χ2v) is 8.86. The first-order valence-corrected chi connectivity index (χ1v) is 11.3. The van der Waals surface area contributed by atoms with E-state index in [2.05, 4.69) is 62.3 Å². The fourth-order valence-corrected chi connectivity index (χ4v) is 3.40. The molecule has 2 N–H and O–H groups in total. The van der Waals surface area contributed by atoms with Crippen molar-refractivity contribution < 1.29 is 9.53 Å². The minimum Gasteiger partial charge on any atom is -0.494 e. The highest BCUT2D eigenvalue weighted by atomic mass is 32.1. The van der Waals surface area contributed by atoms with Crippen molar-refractivity contribution in [3.8, 4) is 5.75 Å². The Morgan fingerprint density at radius 2 is 1.61 bits per heavy atom. The van der Waals surface area contributed by atoms with Gasteiger partial charge in [-0.3, -0.25) is 4.79 Å². The molecule has 0 radical (unpaired) electrons. The van der Waals surface area contributed by atoms with Crippen LogP contribution < -0.4 is 20.3 Å². The van der Waals surface area contributed by atoms with Gasteiger partial charge in [0.25, 0.3) is 0 Å². The molecule has 0 saturated carbocycles. The Kier molecular flexibility index (Phi) is 9.31. The molecular weight excluding hydrogens is 406 g/mol. The van der Waals surface area contributed by atoms with Gasteiger partial charge in [-0.05, 0) is 79.9 Å². The summed E-state index contributed by atoms with van der Waals surface area (Å²) in [6.07, 6.45) is 0.969. The van der Waals surface area contributed by atoms with Crippen LogP contribution in [0, 0.1) is 0 Å². The van der Waals surface area contributed by atoms with Gasteiger partial charge in [-0.2, -0.15) is 0 Å². The second kappa shape index (κ2) is 11.7. The van der Waals surface area contributed by atoms with Crippen LogP contribution in [0.5, 0.6) is 5.75 Å². The van der Waals surface area contributed by atoms with Crippen LogP contribution in [0.3, 0.4) is 0 Å². The zero-order chi connectivity index (χ0) is 22.9. The number of benzene rings is 2. The fraction of sp³-hybridized carbons (Fsp3) is 0.440. The Bertz CT molecular complexity index is 839. The molecule has 2 rings (SSSR count). The maximum absolute atomic E-state index is 12.1. The average Bonchev–Trinajstić information content (AvgIpc) is 2.73. The number of hydrogen-bond donors (Lipinski definition) is 2. The van der Waals surface area contributed by atoms with Gasteiger partial charge in [0.2, 0.25) is 5.91 Å². The van der Waals surface area contributed by atoms with Gasteiger partial charge in [-0.15, -0.1) is 0 Å². The number of hydrogen-bond acceptors (Lipinski definition) is 4. The standard InChI is InChI=1S/C25H35N3O2S/c1-6-28(7-2)21-14-12-20(13-15-21)26-24(31)27-23(29)9-8-18-30-22-16-10-19(11-17-22)25(3,4)5/h10-17H,6-9,18H2,1-5H3,(H2,26,27,29,31). The maximum atomic E-state index is 12.1. The van der Waals surface area contributed by atoms with Gasteiger partial charge < -0.3 is 20.3 Å². The predicted octanol–water partition coefficient (Wildman–Crippen LogP) is 5.50. The van der Waals surface area contributed by atoms with E-state index in [0.717, 1.165) is 24.5 Å². The Labute approximate surface area is 192 Å². The summed E-state index contributed by atoms with van der Waals surface area (Å²) in [7, 11) is 0. The van der Waals surface area contributed by atoms with Gasteiger partial charge in [0, 0.05) is 30.9 Å². The molecule has 0 spiro atoms. The van der Waals surface area contributed by atoms with E-state index in [-0.39, 0.29) is 11.3 Å². The lowest BCUT2D eigenvalue weighted by atomic mass is 9.87. The van der Waals surface area contributed by atoms with Crippen molar-refractivity contribution in [1.82, 2.24) is 5.32 Å². The number of anilines is 2. The first-order valence-electron chi connectivity index (χ1n) is 10.9. The number of ether oxygens (including phenoxy) is 1. The molecule has 0 saturated heterocycles. The molecule has 0 aliphatic rings. The largest absolute Gasteiger partial charge is 0.494 e. The molecule has 6 heteroatoms. The molecule has 0 fully saturated rings. The van der Waals surface area contributed by atoms with E-state index >= 15 is 0 Å². The summed E-state index contributed by atoms with van der Waals surface area (Å²) in [5.41, 5.74) is 3.40. The Morgan fingerprint density at radius 1 is 1.00 bits per heavy atom. The van der Waals surface area contributed by atoms with Crippen LogP contribution in [0.15, 0.2) is 48.5 Å². The van der Waals surface area contributed by atoms with E-state index in [0.29, 0.717) is 24.6 Å². The molecule has 0 aliphatic carbocycles. The van der Waals surface area contributed by atoms with Crippen molar-refractivity contribution in [2.24, 2.45) is 0 Å². The third-order valence-corrected chi connectivity index (χ3v) is 5.25. The summed E-state index contributed by atoms with van der Waals surface area (Å²) < 4.78 is 5.74. The summed E-state index contributed by atoms with van der Waals surface area (Å²) in [4.78, 5) is 14.4. The van der Waals surface area contributed by atoms with Crippen LogP contribution >= 0.6 is 12.2 Å². The fourth-order valence-electron chi connectivity index (χ4n) is 3.17. The topological polar surface area (TPSA) is 53.6 Å². The third kappa shape index (κ3) is 8.21. The molecule has 5 nitrogen and oxygen atoms in total. The normalized spacial score (nSPS) is 11.0. The smallest absolute Gasteiger partial charge is 0.226 e. The van der Waals surface area contributed by atoms with Gasteiger partial charge in [0.15, 0.2) is 5.11 Å². The molecule has 2 aromatic carbocycles. The van der Waals surface area contributed by atoms with Gasteiger partial charge in [-0.1, -0.05) is 32.9 Å². The Hall–Kier alpha value is -2.60. The predicted molar refractivity (Wildman–Crippen MR) is 134 cm³/mol. The van der Waals surface area contributed by atoms with Crippen LogP contribution in [0.4, 0.5) is 11.4 Å². The van der Waals surface area contributed by atoms with Crippen molar-refractivity contribution in [3.63, 3.8) is 0 Å². The lowest BCUT2D eigenvalue weighted by molar-refractivity contribution is -0.119. The number of amides is 1. The number of carbonyl (C=O) groups is 1. The van der Waals surface area contributed by atoms with Crippen LogP contribution in [0.1, 0.15) is 53.0 Å². The van der Waals surface area contributed by atoms with Crippen LogP contribution in [-0.4, -0.2) is 30.7 Å². The van der Waals surface area contributed by atoms with E-state index < -0.39 is 0 Å². The maximum Gasteiger partial charge on any atom is 0.226 e. The molecule has 31 heavy (non-hydrogen) atoms. The van der Waals surface area contributed by atoms with E-state index in [1.54, 1.807) is 0 Å². The minimum atomic E-state index is -0.121. The SMILES string of the molecule is CCN(CC)c1ccc(NC(=S)NC(=O)CCCOc2ccc(C(C)(C)C)cc2)cc1. The Balaban J connectivity index is 1.69. The lowest BCUT2D eigenvalue weighted by Gasteiger charge is -2.21. The Morgan fingerprint density at radius 3 is 2.16 bits per heavy atom. The molecule has 0 aromatic heterocycles. The average molecular weight is 442 g/mol. The summed E-state index contributed by atoms with van der Waals surface area (Å²) in [5, 5.41) is 6.09. The number of rotatable bonds is 9. The number of nitrogens with zero attached hydrogens (tertiary/aromatic N) is 1. The summed E-state index contributed by atoms with van der Waals surface area (Å²) in [6, 6.07) is 16.1. The van der Waals surface area contributed by atoms with Crippen molar-refractivity contribution in [1.29, 1.82) is 0 Å². The third-order valence-electron chi connectivity index (χ3n) is 5.04. The minimum absolute atomic E-state index is 0.121. The van der Waals surface area contributed by atoms with Gasteiger partial charge >= 0.3 is 0 Å². The molecule has 0 bridgehead atoms. The zero-order valence-corrected chi connectivity index (χ0v) is 20.1. The number of thiocarbonyl (C=S) groups is 1. The second-order valence-electron chi connectivity index (χ2n) is 8.45. The first-order chi connectivity index (χ1) is 14.7. The van der Waals surface area contributed by atoms with Gasteiger partial charge in [-0.25, -0.2) is 0 Å². The van der Waals surface area contributed by atoms with E-state index in [9.17, 15) is 4.79 Å².